The van der Waals surface area contributed by atoms with Crippen molar-refractivity contribution in [2.45, 2.75) is 25.7 Å². The van der Waals surface area contributed by atoms with Gasteiger partial charge in [0.1, 0.15) is 0 Å². The van der Waals surface area contributed by atoms with E-state index in [9.17, 15) is 9.90 Å². The van der Waals surface area contributed by atoms with Crippen LogP contribution in [-0.4, -0.2) is 17.6 Å². The van der Waals surface area contributed by atoms with E-state index in [-0.39, 0.29) is 24.3 Å². The number of aliphatic hydroxyl groups is 1. The molecule has 1 aliphatic rings. The molecule has 0 radical (unpaired) electrons. The zero-order valence-electron chi connectivity index (χ0n) is 10.2. The topological polar surface area (TPSA) is 49.3 Å². The summed E-state index contributed by atoms with van der Waals surface area (Å²) in [6.07, 6.45) is 4.03. The van der Waals surface area contributed by atoms with Gasteiger partial charge in [-0.15, -0.1) is 0 Å². The predicted octanol–water partition coefficient (Wildman–Crippen LogP) is 3.19. The van der Waals surface area contributed by atoms with Crippen LogP contribution in [-0.2, 0) is 4.79 Å². The van der Waals surface area contributed by atoms with Crippen LogP contribution in [0.2, 0.25) is 0 Å². The van der Waals surface area contributed by atoms with Crippen LogP contribution in [0.4, 0.5) is 5.69 Å². The number of carbonyl (C=O) groups is 1. The standard InChI is InChI=1S/C14H18BrNO2/c15-11-5-7-12(8-6-11)16-14(18)13-4-2-1-3-10(13)9-17/h5-8,10,13,17H,1-4,9H2,(H,16,18). The van der Waals surface area contributed by atoms with Crippen molar-refractivity contribution in [1.29, 1.82) is 0 Å². The summed E-state index contributed by atoms with van der Waals surface area (Å²) in [6, 6.07) is 7.55. The van der Waals surface area contributed by atoms with Crippen molar-refractivity contribution in [2.24, 2.45) is 11.8 Å². The fourth-order valence-corrected chi connectivity index (χ4v) is 2.80. The molecule has 1 aliphatic carbocycles. The van der Waals surface area contributed by atoms with Gasteiger partial charge in [-0.25, -0.2) is 0 Å². The van der Waals surface area contributed by atoms with Gasteiger partial charge < -0.3 is 10.4 Å². The number of amides is 1. The average molecular weight is 312 g/mol. The minimum atomic E-state index is -0.0487. The molecule has 1 fully saturated rings. The lowest BCUT2D eigenvalue weighted by Gasteiger charge is -2.29. The summed E-state index contributed by atoms with van der Waals surface area (Å²) in [7, 11) is 0. The number of nitrogens with one attached hydrogen (secondary N) is 1. The Morgan fingerprint density at radius 1 is 1.28 bits per heavy atom. The van der Waals surface area contributed by atoms with E-state index in [2.05, 4.69) is 21.2 Å². The predicted molar refractivity (Wildman–Crippen MR) is 75.3 cm³/mol. The second-order valence-corrected chi connectivity index (χ2v) is 5.75. The Hall–Kier alpha value is -0.870. The minimum absolute atomic E-state index is 0.0380. The van der Waals surface area contributed by atoms with Crippen molar-refractivity contribution in [3.8, 4) is 0 Å². The Balaban J connectivity index is 2.00. The minimum Gasteiger partial charge on any atom is -0.396 e. The number of hydrogen-bond donors (Lipinski definition) is 2. The maximum absolute atomic E-state index is 12.2. The second kappa shape index (κ2) is 6.34. The first kappa shape index (κ1) is 13.6. The lowest BCUT2D eigenvalue weighted by atomic mass is 9.79. The van der Waals surface area contributed by atoms with Crippen molar-refractivity contribution in [2.75, 3.05) is 11.9 Å². The largest absolute Gasteiger partial charge is 0.396 e. The SMILES string of the molecule is O=C(Nc1ccc(Br)cc1)C1CCCCC1CO. The van der Waals surface area contributed by atoms with Gasteiger partial charge in [-0.2, -0.15) is 0 Å². The van der Waals surface area contributed by atoms with Crippen LogP contribution in [0.3, 0.4) is 0 Å². The maximum Gasteiger partial charge on any atom is 0.227 e. The lowest BCUT2D eigenvalue weighted by Crippen LogP contribution is -2.33. The molecule has 1 aromatic carbocycles. The normalized spacial score (nSPS) is 23.7. The number of rotatable bonds is 3. The molecule has 98 valence electrons. The number of hydrogen-bond acceptors (Lipinski definition) is 2. The fourth-order valence-electron chi connectivity index (χ4n) is 2.54. The van der Waals surface area contributed by atoms with E-state index in [1.54, 1.807) is 0 Å². The Bertz CT molecular complexity index is 405. The van der Waals surface area contributed by atoms with Crippen molar-refractivity contribution >= 4 is 27.5 Å². The van der Waals surface area contributed by atoms with Gasteiger partial charge in [-0.3, -0.25) is 4.79 Å². The Labute approximate surface area is 116 Å². The van der Waals surface area contributed by atoms with Gasteiger partial charge >= 0.3 is 0 Å². The molecule has 2 N–H and O–H groups in total. The van der Waals surface area contributed by atoms with Gasteiger partial charge in [0.25, 0.3) is 0 Å². The second-order valence-electron chi connectivity index (χ2n) is 4.83. The van der Waals surface area contributed by atoms with Crippen LogP contribution >= 0.6 is 15.9 Å². The van der Waals surface area contributed by atoms with Gasteiger partial charge in [0.15, 0.2) is 0 Å². The molecular formula is C14H18BrNO2. The smallest absolute Gasteiger partial charge is 0.227 e. The van der Waals surface area contributed by atoms with Crippen molar-refractivity contribution in [3.05, 3.63) is 28.7 Å². The molecule has 0 aliphatic heterocycles. The van der Waals surface area contributed by atoms with Gasteiger partial charge in [0.2, 0.25) is 5.91 Å². The molecule has 1 amide bonds. The zero-order chi connectivity index (χ0) is 13.0. The highest BCUT2D eigenvalue weighted by Crippen LogP contribution is 2.30. The molecule has 0 spiro atoms. The molecular weight excluding hydrogens is 294 g/mol. The van der Waals surface area contributed by atoms with E-state index in [0.717, 1.165) is 35.8 Å². The van der Waals surface area contributed by atoms with E-state index < -0.39 is 0 Å². The summed E-state index contributed by atoms with van der Waals surface area (Å²) in [6.45, 7) is 0.110. The number of carbonyl (C=O) groups excluding carboxylic acids is 1. The van der Waals surface area contributed by atoms with E-state index in [1.807, 2.05) is 24.3 Å². The molecule has 2 atom stereocenters. The van der Waals surface area contributed by atoms with Gasteiger partial charge in [-0.1, -0.05) is 28.8 Å². The molecule has 2 rings (SSSR count). The van der Waals surface area contributed by atoms with E-state index in [1.165, 1.54) is 0 Å². The summed E-state index contributed by atoms with van der Waals surface area (Å²) in [5.74, 6) is 0.109. The quantitative estimate of drug-likeness (QED) is 0.900. The average Bonchev–Trinajstić information content (AvgIpc) is 2.41. The molecule has 0 saturated heterocycles. The first-order valence-corrected chi connectivity index (χ1v) is 7.17. The molecule has 1 saturated carbocycles. The fraction of sp³-hybridized carbons (Fsp3) is 0.500. The third kappa shape index (κ3) is 3.33. The monoisotopic (exact) mass is 311 g/mol. The summed E-state index contributed by atoms with van der Waals surface area (Å²) >= 11 is 3.36. The van der Waals surface area contributed by atoms with Crippen LogP contribution in [0.15, 0.2) is 28.7 Å². The first-order valence-electron chi connectivity index (χ1n) is 6.38. The zero-order valence-corrected chi connectivity index (χ0v) is 11.8. The molecule has 0 heterocycles. The summed E-state index contributed by atoms with van der Waals surface area (Å²) in [4.78, 5) is 12.2. The van der Waals surface area contributed by atoms with Crippen LogP contribution < -0.4 is 5.32 Å². The van der Waals surface area contributed by atoms with Crippen LogP contribution in [0.25, 0.3) is 0 Å². The van der Waals surface area contributed by atoms with Gasteiger partial charge in [0, 0.05) is 22.7 Å². The first-order chi connectivity index (χ1) is 8.70. The number of aliphatic hydroxyl groups excluding tert-OH is 1. The van der Waals surface area contributed by atoms with Gasteiger partial charge in [-0.05, 0) is 43.0 Å². The third-order valence-electron chi connectivity index (χ3n) is 3.59. The molecule has 4 heteroatoms. The van der Waals surface area contributed by atoms with E-state index in [0.29, 0.717) is 0 Å². The molecule has 2 unspecified atom stereocenters. The third-order valence-corrected chi connectivity index (χ3v) is 4.12. The highest BCUT2D eigenvalue weighted by Gasteiger charge is 2.30. The number of halogens is 1. The van der Waals surface area contributed by atoms with Gasteiger partial charge in [0.05, 0.1) is 0 Å². The lowest BCUT2D eigenvalue weighted by molar-refractivity contribution is -0.123. The summed E-state index contributed by atoms with van der Waals surface area (Å²) < 4.78 is 0.992. The van der Waals surface area contributed by atoms with Crippen LogP contribution in [0.1, 0.15) is 25.7 Å². The van der Waals surface area contributed by atoms with Crippen molar-refractivity contribution in [1.82, 2.24) is 0 Å². The summed E-state index contributed by atoms with van der Waals surface area (Å²) in [5.41, 5.74) is 0.811. The molecule has 3 nitrogen and oxygen atoms in total. The Morgan fingerprint density at radius 3 is 2.61 bits per heavy atom. The molecule has 0 bridgehead atoms. The van der Waals surface area contributed by atoms with Crippen molar-refractivity contribution < 1.29 is 9.90 Å². The van der Waals surface area contributed by atoms with E-state index >= 15 is 0 Å². The van der Waals surface area contributed by atoms with Crippen LogP contribution in [0, 0.1) is 11.8 Å². The summed E-state index contributed by atoms with van der Waals surface area (Å²) in [5, 5.41) is 12.3. The maximum atomic E-state index is 12.2. The Kier molecular flexibility index (Phi) is 4.78. The highest BCUT2D eigenvalue weighted by atomic mass is 79.9. The number of benzene rings is 1. The molecule has 1 aromatic rings. The van der Waals surface area contributed by atoms with E-state index in [4.69, 9.17) is 0 Å². The molecule has 0 aromatic heterocycles. The van der Waals surface area contributed by atoms with Crippen LogP contribution in [0.5, 0.6) is 0 Å². The Morgan fingerprint density at radius 2 is 1.94 bits per heavy atom. The van der Waals surface area contributed by atoms with Crippen molar-refractivity contribution in [3.63, 3.8) is 0 Å². The molecule has 18 heavy (non-hydrogen) atoms. The highest BCUT2D eigenvalue weighted by molar-refractivity contribution is 9.10. The number of anilines is 1.